The van der Waals surface area contributed by atoms with Gasteiger partial charge >= 0.3 is 12.0 Å². The number of nitrogens with zero attached hydrogens (tertiary/aromatic N) is 7. The van der Waals surface area contributed by atoms with Crippen molar-refractivity contribution in [2.45, 2.75) is 113 Å². The monoisotopic (exact) mass is 1190 g/mol. The molecule has 3 aromatic carbocycles. The highest BCUT2D eigenvalue weighted by Crippen LogP contribution is 2.30. The van der Waals surface area contributed by atoms with Crippen LogP contribution < -0.4 is 49.5 Å². The first-order valence-corrected chi connectivity index (χ1v) is 28.4. The van der Waals surface area contributed by atoms with E-state index in [9.17, 15) is 63.0 Å². The molecule has 29 nitrogen and oxygen atoms in total. The zero-order chi connectivity index (χ0) is 62.0. The van der Waals surface area contributed by atoms with Crippen LogP contribution in [0.4, 0.5) is 4.79 Å². The molecule has 4 aliphatic heterocycles. The number of aliphatic hydroxyl groups is 1. The molecule has 0 bridgehead atoms. The molecule has 0 aromatic heterocycles. The molecule has 0 unspecified atom stereocenters. The van der Waals surface area contributed by atoms with Crippen molar-refractivity contribution in [3.8, 4) is 0 Å². The van der Waals surface area contributed by atoms with E-state index in [2.05, 4.69) is 36.6 Å². The number of nitrogens with one attached hydrogen (secondary N) is 5. The minimum absolute atomic E-state index is 0.0285. The Morgan fingerprint density at radius 3 is 1.62 bits per heavy atom. The highest BCUT2D eigenvalue weighted by molar-refractivity contribution is 6.21. The van der Waals surface area contributed by atoms with Crippen LogP contribution >= 0.6 is 0 Å². The molecule has 0 radical (unpaired) electrons. The molecular weight excluding hydrogens is 1120 g/mol. The van der Waals surface area contributed by atoms with Crippen molar-refractivity contribution in [3.05, 3.63) is 107 Å². The van der Waals surface area contributed by atoms with Crippen LogP contribution in [-0.2, 0) is 51.2 Å². The molecule has 0 saturated carbocycles. The Kier molecular flexibility index (Phi) is 22.5. The smallest absolute Gasteiger partial charge is 0.340 e. The van der Waals surface area contributed by atoms with Crippen LogP contribution in [0.3, 0.4) is 0 Å². The number of aliphatic imine (C=N–C) groups is 2. The standard InChI is InChI=1S/C57H74N16O13/c58-55(59)62-24-9-20-38(54(84)85)66-47(77)40(31-35-16-5-2-6-17-35)67-49(79)43-22-11-26-69(43)52(82)41(33-74)68-46(76)39(30-34-14-3-1-4-15-34)65-45(75)32-64-48(78)42-21-10-27-70(42)53(83)44-23-12-28-71(44)57(86)72(29-13-25-63-56(60)61)73-50(80)36-18-7-8-19-37(36)51(73)81/h1-8,14-19,38-44,74H,9-13,20-33H2,(H,64,78)(H,65,75)(H,66,77)(H,67,79)(H,68,76)(H,84,85)(H4,58,59,62)(H4,60,61,63)/t38-,39-,40-,41-,42-,43-,44-/m0/s1. The summed E-state index contributed by atoms with van der Waals surface area (Å²) in [5.74, 6) is -8.52. The van der Waals surface area contributed by atoms with Gasteiger partial charge in [0.1, 0.15) is 42.3 Å². The Hall–Kier alpha value is -9.67. The fraction of sp³-hybridized carbons (Fsp3) is 0.456. The van der Waals surface area contributed by atoms with Gasteiger partial charge in [-0.1, -0.05) is 72.8 Å². The molecular formula is C57H74N16O13. The number of imide groups is 1. The number of nitrogens with two attached hydrogens (primary N) is 4. The summed E-state index contributed by atoms with van der Waals surface area (Å²) >= 11 is 0. The third-order valence-corrected chi connectivity index (χ3v) is 15.1. The molecule has 460 valence electrons. The van der Waals surface area contributed by atoms with E-state index < -0.39 is 121 Å². The lowest BCUT2D eigenvalue weighted by Crippen LogP contribution is -2.60. The van der Waals surface area contributed by atoms with Crippen LogP contribution in [0.25, 0.3) is 0 Å². The number of carboxylic acids is 1. The van der Waals surface area contributed by atoms with Gasteiger partial charge in [0.15, 0.2) is 11.9 Å². The van der Waals surface area contributed by atoms with Gasteiger partial charge in [-0.05, 0) is 81.0 Å². The number of hydrogen-bond donors (Lipinski definition) is 11. The van der Waals surface area contributed by atoms with E-state index in [0.717, 1.165) is 10.0 Å². The number of likely N-dealkylation sites (tertiary alicyclic amines) is 3. The molecule has 4 aliphatic rings. The number of hydrogen-bond acceptors (Lipinski definition) is 14. The average Bonchev–Trinajstić information content (AvgIpc) is 3.60. The van der Waals surface area contributed by atoms with Gasteiger partial charge in [-0.3, -0.25) is 53.1 Å². The van der Waals surface area contributed by atoms with Gasteiger partial charge in [-0.25, -0.2) is 14.6 Å². The van der Waals surface area contributed by atoms with Crippen molar-refractivity contribution >= 4 is 77.1 Å². The second-order valence-electron chi connectivity index (χ2n) is 21.1. The van der Waals surface area contributed by atoms with Gasteiger partial charge < -0.3 is 74.4 Å². The summed E-state index contributed by atoms with van der Waals surface area (Å²) in [4.78, 5) is 164. The molecule has 15 N–H and O–H groups in total. The van der Waals surface area contributed by atoms with E-state index in [1.54, 1.807) is 72.8 Å². The number of aliphatic carboxylic acids is 1. The summed E-state index contributed by atoms with van der Waals surface area (Å²) in [6.07, 6.45) is 1.84. The molecule has 7 atom stereocenters. The number of rotatable bonds is 27. The first-order chi connectivity index (χ1) is 41.3. The highest BCUT2D eigenvalue weighted by atomic mass is 16.4. The number of amides is 11. The summed E-state index contributed by atoms with van der Waals surface area (Å²) < 4.78 is 0. The predicted octanol–water partition coefficient (Wildman–Crippen LogP) is -2.60. The van der Waals surface area contributed by atoms with E-state index in [1.165, 1.54) is 26.8 Å². The van der Waals surface area contributed by atoms with E-state index in [1.807, 2.05) is 0 Å². The van der Waals surface area contributed by atoms with Crippen LogP contribution in [0.1, 0.15) is 89.6 Å². The molecule has 3 fully saturated rings. The maximum Gasteiger partial charge on any atom is 0.340 e. The van der Waals surface area contributed by atoms with Crippen LogP contribution in [0.5, 0.6) is 0 Å². The number of aliphatic hydroxyl groups excluding tert-OH is 1. The number of fused-ring (bicyclic) bond motifs is 1. The van der Waals surface area contributed by atoms with E-state index in [-0.39, 0.29) is 114 Å². The Balaban J connectivity index is 0.978. The summed E-state index contributed by atoms with van der Waals surface area (Å²) in [5.41, 5.74) is 23.2. The Labute approximate surface area is 495 Å². The lowest BCUT2D eigenvalue weighted by Gasteiger charge is -2.36. The third-order valence-electron chi connectivity index (χ3n) is 15.1. The number of carbonyl (C=O) groups excluding carboxylic acids is 10. The lowest BCUT2D eigenvalue weighted by molar-refractivity contribution is -0.144. The van der Waals surface area contributed by atoms with Crippen molar-refractivity contribution in [3.63, 3.8) is 0 Å². The van der Waals surface area contributed by atoms with E-state index in [0.29, 0.717) is 30.4 Å². The number of hydrazine groups is 1. The first kappa shape index (κ1) is 63.9. The Bertz CT molecular complexity index is 3020. The fourth-order valence-corrected chi connectivity index (χ4v) is 10.9. The first-order valence-electron chi connectivity index (χ1n) is 28.4. The molecule has 0 spiro atoms. The summed E-state index contributed by atoms with van der Waals surface area (Å²) in [7, 11) is 0. The third kappa shape index (κ3) is 16.4. The second kappa shape index (κ2) is 30.2. The van der Waals surface area contributed by atoms with Crippen LogP contribution in [0.15, 0.2) is 94.9 Å². The van der Waals surface area contributed by atoms with Gasteiger partial charge in [0.25, 0.3) is 11.8 Å². The van der Waals surface area contributed by atoms with Crippen molar-refractivity contribution < 1.29 is 63.0 Å². The van der Waals surface area contributed by atoms with Crippen molar-refractivity contribution in [1.29, 1.82) is 0 Å². The lowest BCUT2D eigenvalue weighted by atomic mass is 10.0. The number of carboxylic acid groups (broad SMARTS) is 1. The molecule has 7 rings (SSSR count). The summed E-state index contributed by atoms with van der Waals surface area (Å²) in [6, 6.07) is 13.5. The SMILES string of the molecule is NC(N)=NCCC[C@H](NC(=O)[C@H](Cc1ccccc1)NC(=O)[C@@H]1CCCN1C(=O)[C@H](CO)NC(=O)[C@H](Cc1ccccc1)NC(=O)CNC(=O)[C@@H]1CCCN1C(=O)[C@@H]1CCCN1C(=O)N(CCCN=C(N)N)N1C(=O)c2ccccc2C1=O)C(=O)O. The summed E-state index contributed by atoms with van der Waals surface area (Å²) in [5, 5.41) is 35.1. The van der Waals surface area contributed by atoms with Crippen molar-refractivity contribution in [2.75, 3.05) is 52.4 Å². The zero-order valence-corrected chi connectivity index (χ0v) is 47.4. The van der Waals surface area contributed by atoms with Gasteiger partial charge in [0, 0.05) is 52.1 Å². The van der Waals surface area contributed by atoms with Crippen molar-refractivity contribution in [1.82, 2.24) is 51.3 Å². The van der Waals surface area contributed by atoms with Gasteiger partial charge in [0.2, 0.25) is 41.4 Å². The fourth-order valence-electron chi connectivity index (χ4n) is 10.9. The quantitative estimate of drug-likeness (QED) is 0.0161. The Morgan fingerprint density at radius 2 is 1.07 bits per heavy atom. The Morgan fingerprint density at radius 1 is 0.581 bits per heavy atom. The maximum atomic E-state index is 14.5. The largest absolute Gasteiger partial charge is 0.480 e. The van der Waals surface area contributed by atoms with Crippen molar-refractivity contribution in [2.24, 2.45) is 32.9 Å². The van der Waals surface area contributed by atoms with E-state index in [4.69, 9.17) is 22.9 Å². The zero-order valence-electron chi connectivity index (χ0n) is 47.4. The van der Waals surface area contributed by atoms with Gasteiger partial charge in [-0.2, -0.15) is 5.01 Å². The highest BCUT2D eigenvalue weighted by Gasteiger charge is 2.48. The molecule has 86 heavy (non-hydrogen) atoms. The molecule has 11 amide bonds. The molecule has 29 heteroatoms. The maximum absolute atomic E-state index is 14.5. The minimum Gasteiger partial charge on any atom is -0.480 e. The average molecular weight is 1190 g/mol. The number of urea groups is 1. The molecule has 4 heterocycles. The van der Waals surface area contributed by atoms with Crippen LogP contribution in [0, 0.1) is 0 Å². The van der Waals surface area contributed by atoms with Gasteiger partial charge in [-0.15, -0.1) is 0 Å². The van der Waals surface area contributed by atoms with Gasteiger partial charge in [0.05, 0.1) is 24.3 Å². The van der Waals surface area contributed by atoms with E-state index >= 15 is 0 Å². The summed E-state index contributed by atoms with van der Waals surface area (Å²) in [6.45, 7) is -1.32. The molecule has 0 aliphatic carbocycles. The van der Waals surface area contributed by atoms with Crippen LogP contribution in [0.2, 0.25) is 0 Å². The minimum atomic E-state index is -1.62. The number of guanidine groups is 2. The number of benzene rings is 3. The second-order valence-corrected chi connectivity index (χ2v) is 21.1. The topological polar surface area (TPSA) is 433 Å². The van der Waals surface area contributed by atoms with Crippen LogP contribution in [-0.4, -0.2) is 207 Å². The predicted molar refractivity (Wildman–Crippen MR) is 309 cm³/mol. The molecule has 3 aromatic rings. The normalized spacial score (nSPS) is 18.4. The number of carbonyl (C=O) groups is 11. The molecule has 3 saturated heterocycles.